The summed E-state index contributed by atoms with van der Waals surface area (Å²) in [6.45, 7) is 0.204. The van der Waals surface area contributed by atoms with Crippen LogP contribution in [0.4, 0.5) is 18.9 Å². The fourth-order valence-electron chi connectivity index (χ4n) is 2.39. The maximum atomic E-state index is 12.7. The highest BCUT2D eigenvalue weighted by Crippen LogP contribution is 2.37. The van der Waals surface area contributed by atoms with Gasteiger partial charge in [0.1, 0.15) is 0 Å². The fourth-order valence-corrected chi connectivity index (χ4v) is 3.36. The summed E-state index contributed by atoms with van der Waals surface area (Å²) < 4.78 is 61.4. The van der Waals surface area contributed by atoms with Gasteiger partial charge in [0.05, 0.1) is 23.2 Å². The lowest BCUT2D eigenvalue weighted by atomic mass is 10.2. The maximum Gasteiger partial charge on any atom is 0.501 e. The van der Waals surface area contributed by atoms with E-state index in [0.717, 1.165) is 6.07 Å². The van der Waals surface area contributed by atoms with Gasteiger partial charge in [0.25, 0.3) is 9.84 Å². The Bertz CT molecular complexity index is 586. The molecule has 1 atom stereocenters. The van der Waals surface area contributed by atoms with Crippen LogP contribution in [0.25, 0.3) is 0 Å². The number of halogens is 3. The van der Waals surface area contributed by atoms with Crippen LogP contribution in [-0.2, 0) is 9.84 Å². The van der Waals surface area contributed by atoms with Crippen LogP contribution in [0.1, 0.15) is 12.8 Å². The van der Waals surface area contributed by atoms with Crippen LogP contribution < -0.4 is 4.90 Å². The molecule has 1 heterocycles. The molecule has 20 heavy (non-hydrogen) atoms. The van der Waals surface area contributed by atoms with Crippen molar-refractivity contribution in [2.45, 2.75) is 29.3 Å². The zero-order valence-corrected chi connectivity index (χ0v) is 11.3. The second-order valence-electron chi connectivity index (χ2n) is 4.59. The first-order valence-electron chi connectivity index (χ1n) is 6.07. The number of aliphatic hydroxyl groups is 1. The Labute approximate surface area is 114 Å². The van der Waals surface area contributed by atoms with Crippen molar-refractivity contribution in [1.82, 2.24) is 0 Å². The van der Waals surface area contributed by atoms with Crippen molar-refractivity contribution in [3.63, 3.8) is 0 Å². The summed E-state index contributed by atoms with van der Waals surface area (Å²) in [6, 6.07) is 4.68. The van der Waals surface area contributed by atoms with E-state index >= 15 is 0 Å². The van der Waals surface area contributed by atoms with Crippen molar-refractivity contribution in [2.24, 2.45) is 0 Å². The molecule has 0 spiro atoms. The zero-order valence-electron chi connectivity index (χ0n) is 10.5. The first-order chi connectivity index (χ1) is 9.29. The molecule has 8 heteroatoms. The van der Waals surface area contributed by atoms with E-state index < -0.39 is 20.2 Å². The number of aliphatic hydroxyl groups excluding tert-OH is 1. The zero-order chi connectivity index (χ0) is 15.0. The maximum absolute atomic E-state index is 12.7. The number of anilines is 1. The lowest BCUT2D eigenvalue weighted by molar-refractivity contribution is -0.0435. The molecule has 0 saturated carbocycles. The van der Waals surface area contributed by atoms with Crippen molar-refractivity contribution >= 4 is 15.5 Å². The van der Waals surface area contributed by atoms with Gasteiger partial charge in [-0.2, -0.15) is 13.2 Å². The van der Waals surface area contributed by atoms with Crippen molar-refractivity contribution in [2.75, 3.05) is 18.1 Å². The molecule has 0 aromatic heterocycles. The number of alkyl halides is 3. The van der Waals surface area contributed by atoms with Crippen LogP contribution in [0.3, 0.4) is 0 Å². The molecule has 4 nitrogen and oxygen atoms in total. The molecule has 1 fully saturated rings. The molecular weight excluding hydrogens is 295 g/mol. The largest absolute Gasteiger partial charge is 0.501 e. The molecule has 0 amide bonds. The summed E-state index contributed by atoms with van der Waals surface area (Å²) in [6.07, 6.45) is 1.32. The minimum Gasteiger partial charge on any atom is -0.394 e. The lowest BCUT2D eigenvalue weighted by Crippen LogP contribution is -2.34. The molecule has 1 saturated heterocycles. The molecule has 0 aliphatic carbocycles. The third-order valence-electron chi connectivity index (χ3n) is 3.36. The van der Waals surface area contributed by atoms with Gasteiger partial charge in [0.2, 0.25) is 0 Å². The predicted molar refractivity (Wildman–Crippen MR) is 67.1 cm³/mol. The molecule has 1 aromatic rings. The van der Waals surface area contributed by atoms with Crippen LogP contribution in [0, 0.1) is 0 Å². The summed E-state index contributed by atoms with van der Waals surface area (Å²) in [5.74, 6) is 0. The highest BCUT2D eigenvalue weighted by molar-refractivity contribution is 7.92. The average Bonchev–Trinajstić information content (AvgIpc) is 2.85. The standard InChI is InChI=1S/C12H14F3NO3S/c13-12(14,15)20(18,19)11-6-2-1-5-10(11)16-7-3-4-9(16)8-17/h1-2,5-6,9,17H,3-4,7-8H2. The molecular formula is C12H14F3NO3S. The van der Waals surface area contributed by atoms with Crippen molar-refractivity contribution < 1.29 is 26.7 Å². The topological polar surface area (TPSA) is 57.6 Å². The van der Waals surface area contributed by atoms with Crippen LogP contribution in [0.5, 0.6) is 0 Å². The minimum atomic E-state index is -5.40. The van der Waals surface area contributed by atoms with Gasteiger partial charge >= 0.3 is 5.51 Å². The van der Waals surface area contributed by atoms with Gasteiger partial charge < -0.3 is 10.0 Å². The van der Waals surface area contributed by atoms with Crippen LogP contribution in [-0.4, -0.2) is 38.2 Å². The number of benzene rings is 1. The molecule has 112 valence electrons. The normalized spacial score (nSPS) is 20.4. The molecule has 1 N–H and O–H groups in total. The van der Waals surface area contributed by atoms with E-state index in [1.165, 1.54) is 23.1 Å². The Hall–Kier alpha value is -1.28. The van der Waals surface area contributed by atoms with Gasteiger partial charge in [-0.15, -0.1) is 0 Å². The lowest BCUT2D eigenvalue weighted by Gasteiger charge is -2.27. The summed E-state index contributed by atoms with van der Waals surface area (Å²) in [5.41, 5.74) is -5.33. The minimum absolute atomic E-state index is 0.00127. The van der Waals surface area contributed by atoms with E-state index in [0.29, 0.717) is 19.4 Å². The van der Waals surface area contributed by atoms with Gasteiger partial charge in [-0.25, -0.2) is 8.42 Å². The Morgan fingerprint density at radius 3 is 2.55 bits per heavy atom. The van der Waals surface area contributed by atoms with E-state index in [4.69, 9.17) is 0 Å². The smallest absolute Gasteiger partial charge is 0.394 e. The number of para-hydroxylation sites is 1. The average molecular weight is 309 g/mol. The number of sulfone groups is 1. The Kier molecular flexibility index (Phi) is 3.97. The second kappa shape index (κ2) is 5.25. The van der Waals surface area contributed by atoms with Gasteiger partial charge in [-0.3, -0.25) is 0 Å². The molecule has 1 aliphatic heterocycles. The van der Waals surface area contributed by atoms with Gasteiger partial charge in [-0.1, -0.05) is 12.1 Å². The van der Waals surface area contributed by atoms with Crippen LogP contribution in [0.2, 0.25) is 0 Å². The Morgan fingerprint density at radius 2 is 1.95 bits per heavy atom. The quantitative estimate of drug-likeness (QED) is 0.927. The summed E-state index contributed by atoms with van der Waals surface area (Å²) >= 11 is 0. The first-order valence-corrected chi connectivity index (χ1v) is 7.55. The Morgan fingerprint density at radius 1 is 1.30 bits per heavy atom. The number of rotatable bonds is 3. The van der Waals surface area contributed by atoms with Crippen molar-refractivity contribution in [3.8, 4) is 0 Å². The molecule has 1 aromatic carbocycles. The van der Waals surface area contributed by atoms with Crippen LogP contribution in [0.15, 0.2) is 29.2 Å². The summed E-state index contributed by atoms with van der Waals surface area (Å²) in [7, 11) is -5.40. The third kappa shape index (κ3) is 2.49. The molecule has 2 rings (SSSR count). The molecule has 1 unspecified atom stereocenters. The Balaban J connectivity index is 2.52. The molecule has 0 bridgehead atoms. The van der Waals surface area contributed by atoms with Gasteiger partial charge in [0, 0.05) is 6.54 Å². The summed E-state index contributed by atoms with van der Waals surface area (Å²) in [4.78, 5) is 0.770. The SMILES string of the molecule is O=S(=O)(c1ccccc1N1CCCC1CO)C(F)(F)F. The predicted octanol–water partition coefficient (Wildman–Crippen LogP) is 1.94. The molecule has 1 aliphatic rings. The second-order valence-corrected chi connectivity index (χ2v) is 6.50. The molecule has 0 radical (unpaired) electrons. The number of hydrogen-bond acceptors (Lipinski definition) is 4. The van der Waals surface area contributed by atoms with E-state index in [9.17, 15) is 26.7 Å². The van der Waals surface area contributed by atoms with E-state index in [1.807, 2.05) is 0 Å². The first kappa shape index (κ1) is 15.1. The highest BCUT2D eigenvalue weighted by atomic mass is 32.2. The van der Waals surface area contributed by atoms with E-state index in [1.54, 1.807) is 0 Å². The van der Waals surface area contributed by atoms with Gasteiger partial charge in [0.15, 0.2) is 0 Å². The van der Waals surface area contributed by atoms with Crippen molar-refractivity contribution in [1.29, 1.82) is 0 Å². The van der Waals surface area contributed by atoms with Crippen molar-refractivity contribution in [3.05, 3.63) is 24.3 Å². The highest BCUT2D eigenvalue weighted by Gasteiger charge is 2.48. The summed E-state index contributed by atoms with van der Waals surface area (Å²) in [5, 5.41) is 9.24. The fraction of sp³-hybridized carbons (Fsp3) is 0.500. The van der Waals surface area contributed by atoms with E-state index in [-0.39, 0.29) is 18.3 Å². The monoisotopic (exact) mass is 309 g/mol. The number of nitrogens with zero attached hydrogens (tertiary/aromatic N) is 1. The third-order valence-corrected chi connectivity index (χ3v) is 4.89. The van der Waals surface area contributed by atoms with Crippen LogP contribution >= 0.6 is 0 Å². The van der Waals surface area contributed by atoms with E-state index in [2.05, 4.69) is 0 Å². The van der Waals surface area contributed by atoms with Gasteiger partial charge in [-0.05, 0) is 25.0 Å². The number of hydrogen-bond donors (Lipinski definition) is 1.